The maximum absolute atomic E-state index is 12.6. The van der Waals surface area contributed by atoms with Gasteiger partial charge in [-0.2, -0.15) is 0 Å². The van der Waals surface area contributed by atoms with E-state index in [0.717, 1.165) is 49.7 Å². The number of carbonyl (C=O) groups excluding carboxylic acids is 2. The Morgan fingerprint density at radius 3 is 2.21 bits per heavy atom. The number of piperidine rings is 1. The van der Waals surface area contributed by atoms with Gasteiger partial charge in [-0.1, -0.05) is 47.3 Å². The van der Waals surface area contributed by atoms with Crippen molar-refractivity contribution in [1.29, 1.82) is 0 Å². The summed E-state index contributed by atoms with van der Waals surface area (Å²) in [6, 6.07) is 8.90. The summed E-state index contributed by atoms with van der Waals surface area (Å²) in [5.74, 6) is 0.640. The van der Waals surface area contributed by atoms with Crippen molar-refractivity contribution in [2.24, 2.45) is 5.92 Å². The molecule has 6 heteroatoms. The minimum Gasteiger partial charge on any atom is -0.353 e. The summed E-state index contributed by atoms with van der Waals surface area (Å²) in [6.07, 6.45) is 8.59. The first-order valence-corrected chi connectivity index (χ1v) is 11.5. The second kappa shape index (κ2) is 8.85. The van der Waals surface area contributed by atoms with Crippen LogP contribution in [0.25, 0.3) is 0 Å². The van der Waals surface area contributed by atoms with Crippen LogP contribution in [0.15, 0.2) is 28.7 Å². The number of likely N-dealkylation sites (tertiary alicyclic amines) is 1. The van der Waals surface area contributed by atoms with Gasteiger partial charge in [-0.3, -0.25) is 4.79 Å². The second-order valence-electron chi connectivity index (χ2n) is 8.55. The van der Waals surface area contributed by atoms with Gasteiger partial charge in [0.05, 0.1) is 0 Å². The van der Waals surface area contributed by atoms with Gasteiger partial charge in [0.25, 0.3) is 0 Å². The highest BCUT2D eigenvalue weighted by Gasteiger charge is 2.44. The fourth-order valence-electron chi connectivity index (χ4n) is 4.61. The van der Waals surface area contributed by atoms with Gasteiger partial charge in [0.2, 0.25) is 5.91 Å². The van der Waals surface area contributed by atoms with Crippen molar-refractivity contribution in [1.82, 2.24) is 15.5 Å². The molecule has 5 nitrogen and oxygen atoms in total. The molecule has 1 heterocycles. The van der Waals surface area contributed by atoms with Gasteiger partial charge in [0.15, 0.2) is 0 Å². The maximum Gasteiger partial charge on any atom is 0.317 e. The Morgan fingerprint density at radius 1 is 0.893 bits per heavy atom. The van der Waals surface area contributed by atoms with Crippen molar-refractivity contribution in [3.63, 3.8) is 0 Å². The van der Waals surface area contributed by atoms with Crippen LogP contribution < -0.4 is 10.6 Å². The Morgan fingerprint density at radius 2 is 1.54 bits per heavy atom. The topological polar surface area (TPSA) is 61.4 Å². The molecule has 3 amide bonds. The lowest BCUT2D eigenvalue weighted by Crippen LogP contribution is -2.51. The molecule has 28 heavy (non-hydrogen) atoms. The first kappa shape index (κ1) is 19.7. The van der Waals surface area contributed by atoms with Gasteiger partial charge >= 0.3 is 6.03 Å². The molecule has 0 spiro atoms. The minimum absolute atomic E-state index is 0.0779. The zero-order chi connectivity index (χ0) is 19.5. The van der Waals surface area contributed by atoms with E-state index in [-0.39, 0.29) is 23.9 Å². The Kier molecular flexibility index (Phi) is 6.24. The minimum atomic E-state index is 0.0779. The standard InChI is InChI=1S/C22H30BrN3O2/c23-16-8-6-15(7-9-16)19-14-20(19)21(27)24-18-10-12-26(13-11-18)22(28)25-17-4-2-1-3-5-17/h6-9,17-20H,1-5,10-14H2,(H,24,27)(H,25,28). The van der Waals surface area contributed by atoms with E-state index >= 15 is 0 Å². The number of benzene rings is 1. The predicted octanol–water partition coefficient (Wildman–Crippen LogP) is 4.18. The van der Waals surface area contributed by atoms with Crippen molar-refractivity contribution in [3.8, 4) is 0 Å². The number of hydrogen-bond acceptors (Lipinski definition) is 2. The van der Waals surface area contributed by atoms with E-state index in [9.17, 15) is 9.59 Å². The predicted molar refractivity (Wildman–Crippen MR) is 113 cm³/mol. The maximum atomic E-state index is 12.6. The summed E-state index contributed by atoms with van der Waals surface area (Å²) in [6.45, 7) is 1.45. The summed E-state index contributed by atoms with van der Waals surface area (Å²) < 4.78 is 1.07. The Hall–Kier alpha value is -1.56. The van der Waals surface area contributed by atoms with E-state index in [1.807, 2.05) is 17.0 Å². The highest BCUT2D eigenvalue weighted by molar-refractivity contribution is 9.10. The average molecular weight is 448 g/mol. The fraction of sp³-hybridized carbons (Fsp3) is 0.636. The number of carbonyl (C=O) groups is 2. The molecule has 3 fully saturated rings. The SMILES string of the molecule is O=C(NC1CCN(C(=O)NC2CCCCC2)CC1)C1CC1c1ccc(Br)cc1. The van der Waals surface area contributed by atoms with Crippen molar-refractivity contribution in [3.05, 3.63) is 34.3 Å². The zero-order valence-electron chi connectivity index (χ0n) is 16.3. The molecule has 1 aliphatic heterocycles. The van der Waals surface area contributed by atoms with Gasteiger partial charge in [0.1, 0.15) is 0 Å². The summed E-state index contributed by atoms with van der Waals surface area (Å²) in [4.78, 5) is 27.0. The molecule has 2 aliphatic carbocycles. The van der Waals surface area contributed by atoms with E-state index in [0.29, 0.717) is 12.0 Å². The number of halogens is 1. The van der Waals surface area contributed by atoms with Crippen LogP contribution in [-0.2, 0) is 4.79 Å². The molecule has 1 saturated heterocycles. The highest BCUT2D eigenvalue weighted by Crippen LogP contribution is 2.47. The number of nitrogens with zero attached hydrogens (tertiary/aromatic N) is 1. The molecular formula is C22H30BrN3O2. The van der Waals surface area contributed by atoms with Crippen LogP contribution in [0.3, 0.4) is 0 Å². The number of urea groups is 1. The number of rotatable bonds is 4. The Balaban J connectivity index is 1.19. The molecule has 3 aliphatic rings. The average Bonchev–Trinajstić information content (AvgIpc) is 3.51. The van der Waals surface area contributed by atoms with Gasteiger partial charge < -0.3 is 15.5 Å². The van der Waals surface area contributed by atoms with Gasteiger partial charge in [-0.25, -0.2) is 4.79 Å². The third-order valence-corrected chi connectivity index (χ3v) is 7.02. The molecule has 2 saturated carbocycles. The van der Waals surface area contributed by atoms with E-state index in [4.69, 9.17) is 0 Å². The third-order valence-electron chi connectivity index (χ3n) is 6.49. The summed E-state index contributed by atoms with van der Waals surface area (Å²) in [5, 5.41) is 6.42. The van der Waals surface area contributed by atoms with Crippen LogP contribution in [0.2, 0.25) is 0 Å². The van der Waals surface area contributed by atoms with Crippen LogP contribution in [0.4, 0.5) is 4.79 Å². The normalized spacial score (nSPS) is 26.0. The van der Waals surface area contributed by atoms with Crippen LogP contribution in [0.1, 0.15) is 62.8 Å². The van der Waals surface area contributed by atoms with E-state index in [2.05, 4.69) is 38.7 Å². The molecule has 0 radical (unpaired) electrons. The molecule has 2 atom stereocenters. The van der Waals surface area contributed by atoms with Crippen molar-refractivity contribution >= 4 is 27.9 Å². The number of amides is 3. The summed E-state index contributed by atoms with van der Waals surface area (Å²) in [5.41, 5.74) is 1.25. The van der Waals surface area contributed by atoms with Gasteiger partial charge in [0, 0.05) is 35.6 Å². The molecule has 2 unspecified atom stereocenters. The molecule has 152 valence electrons. The second-order valence-corrected chi connectivity index (χ2v) is 9.47. The van der Waals surface area contributed by atoms with Crippen LogP contribution in [0.5, 0.6) is 0 Å². The zero-order valence-corrected chi connectivity index (χ0v) is 17.9. The fourth-order valence-corrected chi connectivity index (χ4v) is 4.88. The van der Waals surface area contributed by atoms with Crippen LogP contribution >= 0.6 is 15.9 Å². The molecular weight excluding hydrogens is 418 g/mol. The molecule has 4 rings (SSSR count). The van der Waals surface area contributed by atoms with Crippen molar-refractivity contribution in [2.75, 3.05) is 13.1 Å². The quantitative estimate of drug-likeness (QED) is 0.726. The van der Waals surface area contributed by atoms with Crippen molar-refractivity contribution in [2.45, 2.75) is 69.4 Å². The Labute approximate surface area is 175 Å². The molecule has 1 aromatic rings. The van der Waals surface area contributed by atoms with Gasteiger partial charge in [-0.05, 0) is 55.7 Å². The van der Waals surface area contributed by atoms with Crippen LogP contribution in [0, 0.1) is 5.92 Å². The lowest BCUT2D eigenvalue weighted by molar-refractivity contribution is -0.123. The third kappa shape index (κ3) is 4.88. The lowest BCUT2D eigenvalue weighted by Gasteiger charge is -2.34. The molecule has 0 aromatic heterocycles. The van der Waals surface area contributed by atoms with Crippen molar-refractivity contribution < 1.29 is 9.59 Å². The van der Waals surface area contributed by atoms with Gasteiger partial charge in [-0.15, -0.1) is 0 Å². The first-order chi connectivity index (χ1) is 13.6. The molecule has 2 N–H and O–H groups in total. The Bertz CT molecular complexity index is 694. The highest BCUT2D eigenvalue weighted by atomic mass is 79.9. The summed E-state index contributed by atoms with van der Waals surface area (Å²) in [7, 11) is 0. The van der Waals surface area contributed by atoms with Crippen LogP contribution in [-0.4, -0.2) is 42.0 Å². The monoisotopic (exact) mass is 447 g/mol. The number of nitrogens with one attached hydrogen (secondary N) is 2. The molecule has 0 bridgehead atoms. The largest absolute Gasteiger partial charge is 0.353 e. The summed E-state index contributed by atoms with van der Waals surface area (Å²) >= 11 is 3.46. The smallest absolute Gasteiger partial charge is 0.317 e. The first-order valence-electron chi connectivity index (χ1n) is 10.7. The lowest BCUT2D eigenvalue weighted by atomic mass is 9.95. The van der Waals surface area contributed by atoms with E-state index in [1.165, 1.54) is 24.8 Å². The van der Waals surface area contributed by atoms with E-state index in [1.54, 1.807) is 0 Å². The number of hydrogen-bond donors (Lipinski definition) is 2. The van der Waals surface area contributed by atoms with E-state index < -0.39 is 0 Å². The molecule has 1 aromatic carbocycles.